The number of phenols is 1. The number of rotatable bonds is 4. The SMILES string of the molecule is COCC[C@H]1COC2(CCN(C(=O)c3cccc(O)c3)CC2)C1. The average molecular weight is 319 g/mol. The third-order valence-electron chi connectivity index (χ3n) is 5.07. The Morgan fingerprint density at radius 2 is 2.22 bits per heavy atom. The fraction of sp³-hybridized carbons (Fsp3) is 0.611. The van der Waals surface area contributed by atoms with Gasteiger partial charge < -0.3 is 19.5 Å². The van der Waals surface area contributed by atoms with Crippen LogP contribution in [0.25, 0.3) is 0 Å². The number of carbonyl (C=O) groups excluding carboxylic acids is 1. The van der Waals surface area contributed by atoms with E-state index in [-0.39, 0.29) is 17.3 Å². The van der Waals surface area contributed by atoms with Crippen LogP contribution in [-0.2, 0) is 9.47 Å². The number of carbonyl (C=O) groups is 1. The number of amides is 1. The first-order chi connectivity index (χ1) is 11.1. The highest BCUT2D eigenvalue weighted by Crippen LogP contribution is 2.40. The number of likely N-dealkylation sites (tertiary alicyclic amines) is 1. The molecule has 2 fully saturated rings. The molecule has 2 saturated heterocycles. The summed E-state index contributed by atoms with van der Waals surface area (Å²) in [5.74, 6) is 0.692. The second kappa shape index (κ2) is 6.89. The van der Waals surface area contributed by atoms with Gasteiger partial charge in [0.05, 0.1) is 12.2 Å². The Hall–Kier alpha value is -1.59. The molecule has 1 spiro atoms. The molecule has 1 aromatic rings. The van der Waals surface area contributed by atoms with Gasteiger partial charge in [0.1, 0.15) is 5.75 Å². The molecule has 1 N–H and O–H groups in total. The zero-order valence-electron chi connectivity index (χ0n) is 13.7. The summed E-state index contributed by atoms with van der Waals surface area (Å²) in [6.07, 6.45) is 3.90. The Balaban J connectivity index is 1.55. The van der Waals surface area contributed by atoms with Crippen LogP contribution in [-0.4, -0.2) is 54.9 Å². The van der Waals surface area contributed by atoms with Crippen LogP contribution >= 0.6 is 0 Å². The summed E-state index contributed by atoms with van der Waals surface area (Å²) in [6, 6.07) is 6.56. The van der Waals surface area contributed by atoms with Gasteiger partial charge in [0.25, 0.3) is 5.91 Å². The molecule has 126 valence electrons. The van der Waals surface area contributed by atoms with Gasteiger partial charge >= 0.3 is 0 Å². The lowest BCUT2D eigenvalue weighted by Crippen LogP contribution is -2.46. The first-order valence-electron chi connectivity index (χ1n) is 8.33. The van der Waals surface area contributed by atoms with E-state index in [9.17, 15) is 9.90 Å². The van der Waals surface area contributed by atoms with E-state index in [1.165, 1.54) is 6.07 Å². The smallest absolute Gasteiger partial charge is 0.253 e. The fourth-order valence-electron chi connectivity index (χ4n) is 3.70. The number of aromatic hydroxyl groups is 1. The van der Waals surface area contributed by atoms with Gasteiger partial charge in [0.15, 0.2) is 0 Å². The molecule has 0 radical (unpaired) electrons. The van der Waals surface area contributed by atoms with E-state index in [0.29, 0.717) is 24.6 Å². The summed E-state index contributed by atoms with van der Waals surface area (Å²) in [6.45, 7) is 3.02. The highest BCUT2D eigenvalue weighted by Gasteiger charge is 2.43. The standard InChI is InChI=1S/C18H25NO4/c1-22-10-5-14-12-18(23-13-14)6-8-19(9-7-18)17(21)15-3-2-4-16(20)11-15/h2-4,11,14,20H,5-10,12-13H2,1H3/t14-/m1/s1. The Morgan fingerprint density at radius 1 is 1.43 bits per heavy atom. The molecule has 0 bridgehead atoms. The van der Waals surface area contributed by atoms with Crippen LogP contribution in [0.4, 0.5) is 0 Å². The van der Waals surface area contributed by atoms with E-state index in [1.807, 2.05) is 4.90 Å². The number of benzene rings is 1. The molecule has 1 atom stereocenters. The normalized spacial score (nSPS) is 23.3. The van der Waals surface area contributed by atoms with Crippen LogP contribution < -0.4 is 0 Å². The Morgan fingerprint density at radius 3 is 2.91 bits per heavy atom. The van der Waals surface area contributed by atoms with E-state index in [2.05, 4.69) is 0 Å². The minimum atomic E-state index is -0.0476. The van der Waals surface area contributed by atoms with Gasteiger partial charge in [0, 0.05) is 32.4 Å². The van der Waals surface area contributed by atoms with Crippen molar-refractivity contribution in [3.63, 3.8) is 0 Å². The predicted molar refractivity (Wildman–Crippen MR) is 86.5 cm³/mol. The van der Waals surface area contributed by atoms with Gasteiger partial charge in [-0.1, -0.05) is 6.07 Å². The molecule has 1 amide bonds. The van der Waals surface area contributed by atoms with Crippen molar-refractivity contribution in [1.82, 2.24) is 4.90 Å². The molecule has 2 aliphatic heterocycles. The molecule has 3 rings (SSSR count). The number of hydrogen-bond acceptors (Lipinski definition) is 4. The van der Waals surface area contributed by atoms with E-state index < -0.39 is 0 Å². The summed E-state index contributed by atoms with van der Waals surface area (Å²) in [4.78, 5) is 14.4. The van der Waals surface area contributed by atoms with Crippen molar-refractivity contribution in [3.8, 4) is 5.75 Å². The van der Waals surface area contributed by atoms with Gasteiger partial charge in [-0.05, 0) is 49.8 Å². The van der Waals surface area contributed by atoms with Crippen molar-refractivity contribution in [1.29, 1.82) is 0 Å². The van der Waals surface area contributed by atoms with Crippen LogP contribution in [0, 0.1) is 5.92 Å². The molecule has 0 aliphatic carbocycles. The van der Waals surface area contributed by atoms with Gasteiger partial charge in [-0.25, -0.2) is 0 Å². The predicted octanol–water partition coefficient (Wildman–Crippen LogP) is 2.44. The van der Waals surface area contributed by atoms with Gasteiger partial charge in [-0.3, -0.25) is 4.79 Å². The number of hydrogen-bond donors (Lipinski definition) is 1. The Kier molecular flexibility index (Phi) is 4.87. The van der Waals surface area contributed by atoms with Crippen molar-refractivity contribution in [2.45, 2.75) is 31.3 Å². The fourth-order valence-corrected chi connectivity index (χ4v) is 3.70. The molecule has 2 aliphatic rings. The minimum Gasteiger partial charge on any atom is -0.508 e. The second-order valence-electron chi connectivity index (χ2n) is 6.69. The highest BCUT2D eigenvalue weighted by molar-refractivity contribution is 5.94. The van der Waals surface area contributed by atoms with E-state index in [1.54, 1.807) is 25.3 Å². The monoisotopic (exact) mass is 319 g/mol. The van der Waals surface area contributed by atoms with Crippen LogP contribution in [0.3, 0.4) is 0 Å². The van der Waals surface area contributed by atoms with Crippen molar-refractivity contribution in [2.75, 3.05) is 33.4 Å². The summed E-state index contributed by atoms with van der Waals surface area (Å²) < 4.78 is 11.3. The lowest BCUT2D eigenvalue weighted by molar-refractivity contribution is -0.0392. The molecule has 1 aromatic carbocycles. The van der Waals surface area contributed by atoms with Crippen molar-refractivity contribution < 1.29 is 19.4 Å². The van der Waals surface area contributed by atoms with E-state index in [4.69, 9.17) is 9.47 Å². The number of phenolic OH excluding ortho intramolecular Hbond substituents is 1. The molecule has 0 unspecified atom stereocenters. The van der Waals surface area contributed by atoms with Gasteiger partial charge in [-0.2, -0.15) is 0 Å². The summed E-state index contributed by atoms with van der Waals surface area (Å²) in [7, 11) is 1.73. The highest BCUT2D eigenvalue weighted by atomic mass is 16.5. The van der Waals surface area contributed by atoms with Crippen molar-refractivity contribution in [2.24, 2.45) is 5.92 Å². The Bertz CT molecular complexity index is 552. The quantitative estimate of drug-likeness (QED) is 0.926. The largest absolute Gasteiger partial charge is 0.508 e. The zero-order valence-corrected chi connectivity index (χ0v) is 13.7. The zero-order chi connectivity index (χ0) is 16.3. The molecule has 0 aromatic heterocycles. The number of piperidine rings is 1. The maximum absolute atomic E-state index is 12.5. The van der Waals surface area contributed by atoms with Crippen LogP contribution in [0.2, 0.25) is 0 Å². The molecule has 2 heterocycles. The third-order valence-corrected chi connectivity index (χ3v) is 5.07. The summed E-state index contributed by atoms with van der Waals surface area (Å²) >= 11 is 0. The molecular weight excluding hydrogens is 294 g/mol. The minimum absolute atomic E-state index is 0.00956. The van der Waals surface area contributed by atoms with Crippen LogP contribution in [0.5, 0.6) is 5.75 Å². The topological polar surface area (TPSA) is 59.0 Å². The van der Waals surface area contributed by atoms with Gasteiger partial charge in [0.2, 0.25) is 0 Å². The number of methoxy groups -OCH3 is 1. The van der Waals surface area contributed by atoms with E-state index >= 15 is 0 Å². The Labute approximate surface area is 137 Å². The maximum atomic E-state index is 12.5. The first kappa shape index (κ1) is 16.3. The van der Waals surface area contributed by atoms with Crippen LogP contribution in [0.1, 0.15) is 36.0 Å². The lowest BCUT2D eigenvalue weighted by Gasteiger charge is -2.38. The molecule has 5 nitrogen and oxygen atoms in total. The van der Waals surface area contributed by atoms with E-state index in [0.717, 1.165) is 38.9 Å². The summed E-state index contributed by atoms with van der Waals surface area (Å²) in [5.41, 5.74) is 0.500. The maximum Gasteiger partial charge on any atom is 0.253 e. The molecule has 5 heteroatoms. The van der Waals surface area contributed by atoms with Crippen LogP contribution in [0.15, 0.2) is 24.3 Å². The molecular formula is C18H25NO4. The average Bonchev–Trinajstić information content (AvgIpc) is 2.96. The summed E-state index contributed by atoms with van der Waals surface area (Å²) in [5, 5.41) is 9.53. The van der Waals surface area contributed by atoms with Crippen molar-refractivity contribution >= 4 is 5.91 Å². The lowest BCUT2D eigenvalue weighted by atomic mass is 9.84. The molecule has 23 heavy (non-hydrogen) atoms. The second-order valence-corrected chi connectivity index (χ2v) is 6.69. The van der Waals surface area contributed by atoms with Gasteiger partial charge in [-0.15, -0.1) is 0 Å². The molecule has 0 saturated carbocycles. The third kappa shape index (κ3) is 3.67. The number of nitrogens with zero attached hydrogens (tertiary/aromatic N) is 1. The van der Waals surface area contributed by atoms with Crippen molar-refractivity contribution in [3.05, 3.63) is 29.8 Å². The number of ether oxygens (including phenoxy) is 2. The first-order valence-corrected chi connectivity index (χ1v) is 8.33.